The number of carbonyl (C=O) groups excluding carboxylic acids is 1. The van der Waals surface area contributed by atoms with Crippen molar-refractivity contribution in [1.29, 1.82) is 0 Å². The summed E-state index contributed by atoms with van der Waals surface area (Å²) in [5.74, 6) is 0.583. The lowest BCUT2D eigenvalue weighted by atomic mass is 10.1. The van der Waals surface area contributed by atoms with E-state index in [-0.39, 0.29) is 18.1 Å². The molecule has 0 fully saturated rings. The summed E-state index contributed by atoms with van der Waals surface area (Å²) in [6.07, 6.45) is 0. The first-order chi connectivity index (χ1) is 17.1. The molecule has 0 aliphatic heterocycles. The monoisotopic (exact) mass is 569 g/mol. The molecule has 6 nitrogen and oxygen atoms in total. The Bertz CT molecular complexity index is 1310. The van der Waals surface area contributed by atoms with Gasteiger partial charge in [-0.15, -0.1) is 0 Å². The van der Waals surface area contributed by atoms with Gasteiger partial charge >= 0.3 is 10.2 Å². The van der Waals surface area contributed by atoms with Crippen molar-refractivity contribution in [3.8, 4) is 0 Å². The SMILES string of the molecule is CN(C)S(=O)(=O)N(Cc1ccc(C(=O)NCCSCc2ccc(Cl)c(Cl)c2)cc1)c1ccccc1F. The molecule has 0 atom stereocenters. The van der Waals surface area contributed by atoms with E-state index in [4.69, 9.17) is 23.2 Å². The van der Waals surface area contributed by atoms with Gasteiger partial charge in [-0.25, -0.2) is 4.39 Å². The Labute approximate surface area is 225 Å². The molecular formula is C25H26Cl2FN3O3S2. The van der Waals surface area contributed by atoms with Crippen LogP contribution in [0.3, 0.4) is 0 Å². The van der Waals surface area contributed by atoms with E-state index < -0.39 is 16.0 Å². The standard InChI is InChI=1S/C25H26Cl2FN3O3S2/c1-30(2)36(33,34)31(24-6-4-3-5-23(24)28)16-18-7-10-20(11-8-18)25(32)29-13-14-35-17-19-9-12-21(26)22(27)15-19/h3-12,15H,13-14,16-17H2,1-2H3,(H,29,32). The normalized spacial score (nSPS) is 11.5. The van der Waals surface area contributed by atoms with Crippen molar-refractivity contribution in [2.24, 2.45) is 0 Å². The van der Waals surface area contributed by atoms with Gasteiger partial charge in [0, 0.05) is 37.7 Å². The van der Waals surface area contributed by atoms with Crippen molar-refractivity contribution >= 4 is 56.8 Å². The first-order valence-electron chi connectivity index (χ1n) is 10.9. The van der Waals surface area contributed by atoms with Crippen LogP contribution in [0.1, 0.15) is 21.5 Å². The average Bonchev–Trinajstić information content (AvgIpc) is 2.85. The third kappa shape index (κ3) is 7.36. The van der Waals surface area contributed by atoms with Crippen molar-refractivity contribution in [3.63, 3.8) is 0 Å². The zero-order valence-electron chi connectivity index (χ0n) is 19.7. The maximum Gasteiger partial charge on any atom is 0.303 e. The average molecular weight is 571 g/mol. The second-order valence-corrected chi connectivity index (χ2v) is 12.0. The van der Waals surface area contributed by atoms with Crippen LogP contribution in [-0.4, -0.2) is 45.0 Å². The molecular weight excluding hydrogens is 544 g/mol. The molecule has 0 saturated heterocycles. The van der Waals surface area contributed by atoms with Crippen molar-refractivity contribution in [3.05, 3.63) is 99.3 Å². The minimum Gasteiger partial charge on any atom is -0.351 e. The summed E-state index contributed by atoms with van der Waals surface area (Å²) in [4.78, 5) is 12.5. The van der Waals surface area contributed by atoms with Gasteiger partial charge in [0.05, 0.1) is 22.3 Å². The molecule has 1 N–H and O–H groups in total. The largest absolute Gasteiger partial charge is 0.351 e. The maximum atomic E-state index is 14.4. The van der Waals surface area contributed by atoms with Crippen molar-refractivity contribution < 1.29 is 17.6 Å². The van der Waals surface area contributed by atoms with Crippen LogP contribution >= 0.6 is 35.0 Å². The quantitative estimate of drug-likeness (QED) is 0.305. The van der Waals surface area contributed by atoms with Gasteiger partial charge in [0.2, 0.25) is 0 Å². The molecule has 0 spiro atoms. The number of amides is 1. The highest BCUT2D eigenvalue weighted by molar-refractivity contribution is 7.98. The summed E-state index contributed by atoms with van der Waals surface area (Å²) in [5, 5.41) is 3.90. The number of halogens is 3. The highest BCUT2D eigenvalue weighted by Gasteiger charge is 2.27. The summed E-state index contributed by atoms with van der Waals surface area (Å²) < 4.78 is 42.2. The predicted octanol–water partition coefficient (Wildman–Crippen LogP) is 5.61. The van der Waals surface area contributed by atoms with Crippen LogP contribution in [0.2, 0.25) is 10.0 Å². The van der Waals surface area contributed by atoms with Gasteiger partial charge in [-0.1, -0.05) is 53.5 Å². The fourth-order valence-electron chi connectivity index (χ4n) is 3.23. The number of para-hydroxylation sites is 1. The summed E-state index contributed by atoms with van der Waals surface area (Å²) >= 11 is 13.6. The van der Waals surface area contributed by atoms with Gasteiger partial charge in [-0.3, -0.25) is 9.10 Å². The number of benzene rings is 3. The number of nitrogens with one attached hydrogen (secondary N) is 1. The Hall–Kier alpha value is -2.30. The molecule has 3 aromatic carbocycles. The van der Waals surface area contributed by atoms with Gasteiger partial charge in [0.25, 0.3) is 5.91 Å². The number of rotatable bonds is 11. The second-order valence-electron chi connectivity index (χ2n) is 8.00. The Balaban J connectivity index is 1.57. The molecule has 0 heterocycles. The van der Waals surface area contributed by atoms with E-state index >= 15 is 0 Å². The third-order valence-corrected chi connectivity index (χ3v) is 8.76. The summed E-state index contributed by atoms with van der Waals surface area (Å²) in [7, 11) is -1.17. The Morgan fingerprint density at radius 3 is 2.28 bits per heavy atom. The highest BCUT2D eigenvalue weighted by atomic mass is 35.5. The molecule has 0 unspecified atom stereocenters. The number of hydrogen-bond acceptors (Lipinski definition) is 4. The predicted molar refractivity (Wildman–Crippen MR) is 147 cm³/mol. The minimum atomic E-state index is -3.95. The van der Waals surface area contributed by atoms with E-state index in [0.29, 0.717) is 33.5 Å². The fourth-order valence-corrected chi connectivity index (χ4v) is 5.46. The van der Waals surface area contributed by atoms with Crippen molar-refractivity contribution in [2.75, 3.05) is 30.7 Å². The first-order valence-corrected chi connectivity index (χ1v) is 14.2. The molecule has 3 rings (SSSR count). The first kappa shape index (κ1) is 28.3. The lowest BCUT2D eigenvalue weighted by molar-refractivity contribution is 0.0956. The highest BCUT2D eigenvalue weighted by Crippen LogP contribution is 2.26. The second kappa shape index (κ2) is 12.8. The smallest absolute Gasteiger partial charge is 0.303 e. The number of nitrogens with zero attached hydrogens (tertiary/aromatic N) is 2. The van der Waals surface area contributed by atoms with Gasteiger partial charge < -0.3 is 5.32 Å². The van der Waals surface area contributed by atoms with E-state index in [9.17, 15) is 17.6 Å². The van der Waals surface area contributed by atoms with Gasteiger partial charge in [0.15, 0.2) is 0 Å². The Morgan fingerprint density at radius 2 is 1.64 bits per heavy atom. The fraction of sp³-hybridized carbons (Fsp3) is 0.240. The number of anilines is 1. The molecule has 0 radical (unpaired) electrons. The van der Waals surface area contributed by atoms with Crippen LogP contribution in [0.15, 0.2) is 66.7 Å². The number of carbonyl (C=O) groups is 1. The molecule has 3 aromatic rings. The molecule has 0 aromatic heterocycles. The lowest BCUT2D eigenvalue weighted by Crippen LogP contribution is -2.40. The van der Waals surface area contributed by atoms with E-state index in [0.717, 1.165) is 19.9 Å². The van der Waals surface area contributed by atoms with Crippen LogP contribution < -0.4 is 9.62 Å². The Morgan fingerprint density at radius 1 is 0.972 bits per heavy atom. The topological polar surface area (TPSA) is 69.7 Å². The molecule has 1 amide bonds. The summed E-state index contributed by atoms with van der Waals surface area (Å²) in [6, 6.07) is 17.8. The van der Waals surface area contributed by atoms with Crippen LogP contribution in [-0.2, 0) is 22.5 Å². The van der Waals surface area contributed by atoms with E-state index in [2.05, 4.69) is 5.32 Å². The van der Waals surface area contributed by atoms with Crippen LogP contribution in [0, 0.1) is 5.82 Å². The molecule has 0 bridgehead atoms. The van der Waals surface area contributed by atoms with Gasteiger partial charge in [0.1, 0.15) is 5.82 Å². The molecule has 36 heavy (non-hydrogen) atoms. The molecule has 0 aliphatic carbocycles. The maximum absolute atomic E-state index is 14.4. The zero-order chi connectivity index (χ0) is 26.3. The lowest BCUT2D eigenvalue weighted by Gasteiger charge is -2.27. The third-order valence-electron chi connectivity index (χ3n) is 5.19. The minimum absolute atomic E-state index is 0.0496. The Kier molecular flexibility index (Phi) is 10.0. The van der Waals surface area contributed by atoms with E-state index in [1.165, 1.54) is 32.3 Å². The van der Waals surface area contributed by atoms with Crippen molar-refractivity contribution in [1.82, 2.24) is 9.62 Å². The molecule has 192 valence electrons. The zero-order valence-corrected chi connectivity index (χ0v) is 22.9. The number of hydrogen-bond donors (Lipinski definition) is 1. The van der Waals surface area contributed by atoms with Gasteiger partial charge in [-0.05, 0) is 47.5 Å². The molecule has 11 heteroatoms. The van der Waals surface area contributed by atoms with Crippen LogP contribution in [0.25, 0.3) is 0 Å². The van der Waals surface area contributed by atoms with Crippen molar-refractivity contribution in [2.45, 2.75) is 12.3 Å². The van der Waals surface area contributed by atoms with Crippen LogP contribution in [0.5, 0.6) is 0 Å². The number of thioether (sulfide) groups is 1. The molecule has 0 aliphatic rings. The van der Waals surface area contributed by atoms with Gasteiger partial charge in [-0.2, -0.15) is 24.5 Å². The van der Waals surface area contributed by atoms with E-state index in [1.54, 1.807) is 48.2 Å². The van der Waals surface area contributed by atoms with Crippen LogP contribution in [0.4, 0.5) is 10.1 Å². The van der Waals surface area contributed by atoms with E-state index in [1.807, 2.05) is 12.1 Å². The molecule has 0 saturated carbocycles. The summed E-state index contributed by atoms with van der Waals surface area (Å²) in [6.45, 7) is 0.392. The summed E-state index contributed by atoms with van der Waals surface area (Å²) in [5.41, 5.74) is 2.06.